The number of nitrogens with two attached hydrogens (primary N) is 1. The minimum Gasteiger partial charge on any atom is -0.322 e. The highest BCUT2D eigenvalue weighted by Crippen LogP contribution is 2.47. The summed E-state index contributed by atoms with van der Waals surface area (Å²) < 4.78 is 0. The number of carbonyl (C=O) groups excluding carboxylic acids is 1. The maximum absolute atomic E-state index is 12.4. The summed E-state index contributed by atoms with van der Waals surface area (Å²) in [5.41, 5.74) is 7.08. The van der Waals surface area contributed by atoms with E-state index in [0.29, 0.717) is 12.3 Å². The summed E-state index contributed by atoms with van der Waals surface area (Å²) in [6, 6.07) is 11.5. The number of amides is 1. The van der Waals surface area contributed by atoms with Gasteiger partial charge in [0.15, 0.2) is 0 Å². The molecule has 98 valence electrons. The van der Waals surface area contributed by atoms with E-state index in [0.717, 1.165) is 18.4 Å². The average molecular weight is 255 g/mol. The predicted octanol–water partition coefficient (Wildman–Crippen LogP) is 1.07. The van der Waals surface area contributed by atoms with Gasteiger partial charge in [0.2, 0.25) is 5.91 Å². The molecule has 0 spiro atoms. The van der Waals surface area contributed by atoms with E-state index in [9.17, 15) is 4.79 Å². The number of benzene rings is 1. The van der Waals surface area contributed by atoms with Crippen LogP contribution >= 0.6 is 0 Å². The summed E-state index contributed by atoms with van der Waals surface area (Å²) in [6.07, 6.45) is 2.40. The number of rotatable bonds is 3. The lowest BCUT2D eigenvalue weighted by atomic mass is 10.0. The first kappa shape index (κ1) is 12.2. The van der Waals surface area contributed by atoms with Crippen molar-refractivity contribution in [2.75, 3.05) is 0 Å². The van der Waals surface area contributed by atoms with Crippen LogP contribution in [-0.2, 0) is 11.2 Å². The van der Waals surface area contributed by atoms with Crippen molar-refractivity contribution in [3.8, 4) is 6.07 Å². The molecule has 3 rings (SSSR count). The van der Waals surface area contributed by atoms with Gasteiger partial charge in [-0.15, -0.1) is 0 Å². The first-order chi connectivity index (χ1) is 9.20. The SMILES string of the molecule is N#CC1C[C@@H]2C[C@@H]2N1C(=O)[C@@H](N)Cc1ccccc1. The topological polar surface area (TPSA) is 70.1 Å². The van der Waals surface area contributed by atoms with E-state index in [2.05, 4.69) is 6.07 Å². The molecular weight excluding hydrogens is 238 g/mol. The fourth-order valence-corrected chi connectivity index (χ4v) is 3.04. The first-order valence-electron chi connectivity index (χ1n) is 6.72. The third kappa shape index (κ3) is 2.22. The fraction of sp³-hybridized carbons (Fsp3) is 0.467. The normalized spacial score (nSPS) is 29.5. The highest BCUT2D eigenvalue weighted by atomic mass is 16.2. The molecule has 2 fully saturated rings. The van der Waals surface area contributed by atoms with Crippen molar-refractivity contribution in [3.63, 3.8) is 0 Å². The Labute approximate surface area is 112 Å². The Morgan fingerprint density at radius 2 is 2.16 bits per heavy atom. The van der Waals surface area contributed by atoms with E-state index in [1.54, 1.807) is 4.90 Å². The van der Waals surface area contributed by atoms with Crippen molar-refractivity contribution in [3.05, 3.63) is 35.9 Å². The lowest BCUT2D eigenvalue weighted by molar-refractivity contribution is -0.133. The third-order valence-electron chi connectivity index (χ3n) is 4.12. The monoisotopic (exact) mass is 255 g/mol. The largest absolute Gasteiger partial charge is 0.322 e. The number of likely N-dealkylation sites (tertiary alicyclic amines) is 1. The van der Waals surface area contributed by atoms with Gasteiger partial charge in [0.25, 0.3) is 0 Å². The number of nitriles is 1. The van der Waals surface area contributed by atoms with Gasteiger partial charge in [0.1, 0.15) is 6.04 Å². The zero-order valence-electron chi connectivity index (χ0n) is 10.7. The molecule has 1 unspecified atom stereocenters. The lowest BCUT2D eigenvalue weighted by Gasteiger charge is -2.25. The third-order valence-corrected chi connectivity index (χ3v) is 4.12. The van der Waals surface area contributed by atoms with Gasteiger partial charge >= 0.3 is 0 Å². The molecule has 0 aromatic heterocycles. The van der Waals surface area contributed by atoms with Gasteiger partial charge in [-0.3, -0.25) is 4.79 Å². The highest BCUT2D eigenvalue weighted by Gasteiger charge is 2.54. The summed E-state index contributed by atoms with van der Waals surface area (Å²) in [5, 5.41) is 9.11. The number of hydrogen-bond acceptors (Lipinski definition) is 3. The van der Waals surface area contributed by atoms with Crippen LogP contribution in [0.25, 0.3) is 0 Å². The van der Waals surface area contributed by atoms with Gasteiger partial charge in [-0.05, 0) is 30.7 Å². The van der Waals surface area contributed by atoms with Gasteiger partial charge in [-0.1, -0.05) is 30.3 Å². The zero-order chi connectivity index (χ0) is 13.4. The van der Waals surface area contributed by atoms with Crippen molar-refractivity contribution < 1.29 is 4.79 Å². The van der Waals surface area contributed by atoms with Crippen LogP contribution in [-0.4, -0.2) is 28.9 Å². The Bertz CT molecular complexity index is 522. The second kappa shape index (κ2) is 4.67. The molecule has 1 heterocycles. The Kier molecular flexibility index (Phi) is 3.00. The summed E-state index contributed by atoms with van der Waals surface area (Å²) in [4.78, 5) is 14.1. The van der Waals surface area contributed by atoms with E-state index in [1.165, 1.54) is 0 Å². The molecule has 19 heavy (non-hydrogen) atoms. The Morgan fingerprint density at radius 1 is 1.42 bits per heavy atom. The van der Waals surface area contributed by atoms with Crippen LogP contribution in [0.4, 0.5) is 0 Å². The summed E-state index contributed by atoms with van der Waals surface area (Å²) in [6.45, 7) is 0. The average Bonchev–Trinajstić information content (AvgIpc) is 3.10. The van der Waals surface area contributed by atoms with Crippen LogP contribution in [0.2, 0.25) is 0 Å². The summed E-state index contributed by atoms with van der Waals surface area (Å²) in [5.74, 6) is 0.470. The van der Waals surface area contributed by atoms with E-state index in [-0.39, 0.29) is 18.0 Å². The molecule has 4 heteroatoms. The van der Waals surface area contributed by atoms with Crippen molar-refractivity contribution in [2.24, 2.45) is 11.7 Å². The molecule has 2 N–H and O–H groups in total. The number of piperidine rings is 1. The van der Waals surface area contributed by atoms with Gasteiger partial charge < -0.3 is 10.6 Å². The number of fused-ring (bicyclic) bond motifs is 1. The van der Waals surface area contributed by atoms with Gasteiger partial charge in [0, 0.05) is 6.04 Å². The smallest absolute Gasteiger partial charge is 0.241 e. The van der Waals surface area contributed by atoms with Gasteiger partial charge in [-0.2, -0.15) is 5.26 Å². The minimum atomic E-state index is -0.544. The number of hydrogen-bond donors (Lipinski definition) is 1. The number of carbonyl (C=O) groups is 1. The Hall–Kier alpha value is -1.86. The second-order valence-electron chi connectivity index (χ2n) is 5.49. The van der Waals surface area contributed by atoms with Crippen LogP contribution < -0.4 is 5.73 Å². The van der Waals surface area contributed by atoms with E-state index < -0.39 is 6.04 Å². The van der Waals surface area contributed by atoms with Crippen LogP contribution in [0.1, 0.15) is 18.4 Å². The molecule has 1 amide bonds. The minimum absolute atomic E-state index is 0.0691. The molecule has 1 aliphatic carbocycles. The molecule has 1 aromatic rings. The molecule has 4 atom stereocenters. The van der Waals surface area contributed by atoms with E-state index in [4.69, 9.17) is 11.0 Å². The Morgan fingerprint density at radius 3 is 2.84 bits per heavy atom. The van der Waals surface area contributed by atoms with Crippen molar-refractivity contribution >= 4 is 5.91 Å². The van der Waals surface area contributed by atoms with Crippen molar-refractivity contribution in [2.45, 2.75) is 37.4 Å². The molecule has 1 aliphatic heterocycles. The predicted molar refractivity (Wildman–Crippen MR) is 70.9 cm³/mol. The number of nitrogens with zero attached hydrogens (tertiary/aromatic N) is 2. The van der Waals surface area contributed by atoms with Crippen LogP contribution in [0.15, 0.2) is 30.3 Å². The molecule has 2 aliphatic rings. The molecular formula is C15H17N3O. The maximum atomic E-state index is 12.4. The van der Waals surface area contributed by atoms with Crippen molar-refractivity contribution in [1.82, 2.24) is 4.90 Å². The zero-order valence-corrected chi connectivity index (χ0v) is 10.7. The molecule has 4 nitrogen and oxygen atoms in total. The van der Waals surface area contributed by atoms with Crippen LogP contribution in [0.5, 0.6) is 0 Å². The van der Waals surface area contributed by atoms with Crippen LogP contribution in [0.3, 0.4) is 0 Å². The Balaban J connectivity index is 1.68. The highest BCUT2D eigenvalue weighted by molar-refractivity contribution is 5.83. The molecule has 1 aromatic carbocycles. The maximum Gasteiger partial charge on any atom is 0.241 e. The molecule has 0 bridgehead atoms. The summed E-state index contributed by atoms with van der Waals surface area (Å²) >= 11 is 0. The van der Waals surface area contributed by atoms with Gasteiger partial charge in [0.05, 0.1) is 12.1 Å². The standard InChI is InChI=1S/C15H17N3O/c16-9-12-7-11-8-14(11)18(12)15(19)13(17)6-10-4-2-1-3-5-10/h1-5,11-14H,6-8,17H2/t11-,12?,13+,14+/m1/s1. The van der Waals surface area contributed by atoms with E-state index >= 15 is 0 Å². The molecule has 0 radical (unpaired) electrons. The van der Waals surface area contributed by atoms with E-state index in [1.807, 2.05) is 30.3 Å². The fourth-order valence-electron chi connectivity index (χ4n) is 3.04. The molecule has 1 saturated carbocycles. The van der Waals surface area contributed by atoms with Crippen LogP contribution in [0, 0.1) is 17.2 Å². The quantitative estimate of drug-likeness (QED) is 0.878. The van der Waals surface area contributed by atoms with Gasteiger partial charge in [-0.25, -0.2) is 0 Å². The molecule has 1 saturated heterocycles. The lowest BCUT2D eigenvalue weighted by Crippen LogP contribution is -2.48. The summed E-state index contributed by atoms with van der Waals surface area (Å²) in [7, 11) is 0. The first-order valence-corrected chi connectivity index (χ1v) is 6.72. The second-order valence-corrected chi connectivity index (χ2v) is 5.49. The van der Waals surface area contributed by atoms with Crippen molar-refractivity contribution in [1.29, 1.82) is 5.26 Å².